The van der Waals surface area contributed by atoms with Gasteiger partial charge in [-0.2, -0.15) is 0 Å². The summed E-state index contributed by atoms with van der Waals surface area (Å²) in [6, 6.07) is 1.68. The lowest BCUT2D eigenvalue weighted by Crippen LogP contribution is -2.47. The summed E-state index contributed by atoms with van der Waals surface area (Å²) in [6.45, 7) is 3.63. The molecule has 1 aromatic rings. The second kappa shape index (κ2) is 6.67. The molecule has 1 fully saturated rings. The van der Waals surface area contributed by atoms with Crippen molar-refractivity contribution in [1.82, 2.24) is 15.2 Å². The maximum atomic E-state index is 11.5. The number of nitrogens with one attached hydrogen (secondary N) is 1. The second-order valence-corrected chi connectivity index (χ2v) is 4.98. The number of likely N-dealkylation sites (tertiary alicyclic amines) is 1. The normalized spacial score (nSPS) is 15.8. The highest BCUT2D eigenvalue weighted by Crippen LogP contribution is 2.24. The topological polar surface area (TPSA) is 63.7 Å². The number of amides is 1. The van der Waals surface area contributed by atoms with Gasteiger partial charge in [0.2, 0.25) is 0 Å². The van der Waals surface area contributed by atoms with Gasteiger partial charge >= 0.3 is 0 Å². The fraction of sp³-hybridized carbons (Fsp3) is 0.571. The van der Waals surface area contributed by atoms with E-state index < -0.39 is 0 Å². The minimum atomic E-state index is -0.209. The van der Waals surface area contributed by atoms with Crippen LogP contribution in [0.5, 0.6) is 5.75 Å². The first kappa shape index (κ1) is 14.7. The Labute approximate surface area is 119 Å². The molecule has 6 nitrogen and oxygen atoms in total. The zero-order valence-electron chi connectivity index (χ0n) is 12.2. The van der Waals surface area contributed by atoms with Crippen LogP contribution >= 0.6 is 0 Å². The summed E-state index contributed by atoms with van der Waals surface area (Å²) in [7, 11) is 4.92. The van der Waals surface area contributed by atoms with E-state index in [1.54, 1.807) is 33.5 Å². The first-order valence-electron chi connectivity index (χ1n) is 6.64. The molecular weight excluding hydrogens is 258 g/mol. The van der Waals surface area contributed by atoms with Crippen molar-refractivity contribution in [2.75, 3.05) is 41.0 Å². The van der Waals surface area contributed by atoms with Crippen LogP contribution in [0, 0.1) is 5.92 Å². The predicted octanol–water partition coefficient (Wildman–Crippen LogP) is 0.528. The van der Waals surface area contributed by atoms with Crippen LogP contribution in [0.25, 0.3) is 0 Å². The Morgan fingerprint density at radius 1 is 1.50 bits per heavy atom. The van der Waals surface area contributed by atoms with Crippen LogP contribution in [0.3, 0.4) is 0 Å². The van der Waals surface area contributed by atoms with Crippen LogP contribution in [-0.2, 0) is 11.3 Å². The van der Waals surface area contributed by atoms with Crippen molar-refractivity contribution in [3.63, 3.8) is 0 Å². The minimum Gasteiger partial charge on any atom is -0.496 e. The SMILES string of the molecule is CNC(=O)c1cc(OC)c(CN2CC(COC)C2)cn1. The van der Waals surface area contributed by atoms with Crippen molar-refractivity contribution < 1.29 is 14.3 Å². The smallest absolute Gasteiger partial charge is 0.269 e. The lowest BCUT2D eigenvalue weighted by Gasteiger charge is -2.39. The summed E-state index contributed by atoms with van der Waals surface area (Å²) < 4.78 is 10.5. The molecule has 6 heteroatoms. The molecule has 0 radical (unpaired) electrons. The van der Waals surface area contributed by atoms with Gasteiger partial charge in [-0.05, 0) is 0 Å². The number of pyridine rings is 1. The van der Waals surface area contributed by atoms with Crippen molar-refractivity contribution in [3.05, 3.63) is 23.5 Å². The highest BCUT2D eigenvalue weighted by molar-refractivity contribution is 5.92. The fourth-order valence-corrected chi connectivity index (χ4v) is 2.41. The van der Waals surface area contributed by atoms with Crippen LogP contribution in [0.4, 0.5) is 0 Å². The van der Waals surface area contributed by atoms with E-state index in [-0.39, 0.29) is 5.91 Å². The first-order chi connectivity index (χ1) is 9.67. The van der Waals surface area contributed by atoms with E-state index in [2.05, 4.69) is 15.2 Å². The summed E-state index contributed by atoms with van der Waals surface area (Å²) in [5, 5.41) is 2.55. The zero-order chi connectivity index (χ0) is 14.5. The fourth-order valence-electron chi connectivity index (χ4n) is 2.41. The highest BCUT2D eigenvalue weighted by atomic mass is 16.5. The molecule has 1 aromatic heterocycles. The number of aromatic nitrogens is 1. The largest absolute Gasteiger partial charge is 0.496 e. The van der Waals surface area contributed by atoms with Gasteiger partial charge in [0.15, 0.2) is 0 Å². The molecule has 1 aliphatic rings. The van der Waals surface area contributed by atoms with Crippen molar-refractivity contribution in [3.8, 4) is 5.75 Å². The number of carbonyl (C=O) groups excluding carboxylic acids is 1. The molecule has 0 unspecified atom stereocenters. The number of rotatable bonds is 6. The van der Waals surface area contributed by atoms with Gasteiger partial charge in [-0.15, -0.1) is 0 Å². The first-order valence-corrected chi connectivity index (χ1v) is 6.64. The van der Waals surface area contributed by atoms with E-state index >= 15 is 0 Å². The standard InChI is InChI=1S/C14H21N3O3/c1-15-14(18)12-4-13(20-3)11(5-16-12)8-17-6-10(7-17)9-19-2/h4-5,10H,6-9H2,1-3H3,(H,15,18). The molecule has 0 aromatic carbocycles. The molecule has 2 heterocycles. The Bertz CT molecular complexity index is 473. The summed E-state index contributed by atoms with van der Waals surface area (Å²) in [4.78, 5) is 18.0. The van der Waals surface area contributed by atoms with E-state index in [0.717, 1.165) is 31.8 Å². The molecule has 0 saturated carbocycles. The van der Waals surface area contributed by atoms with Gasteiger partial charge in [0, 0.05) is 57.5 Å². The van der Waals surface area contributed by atoms with Gasteiger partial charge < -0.3 is 14.8 Å². The van der Waals surface area contributed by atoms with Gasteiger partial charge in [0.1, 0.15) is 11.4 Å². The molecule has 0 spiro atoms. The predicted molar refractivity (Wildman–Crippen MR) is 74.8 cm³/mol. The van der Waals surface area contributed by atoms with E-state index in [1.165, 1.54) is 0 Å². The maximum absolute atomic E-state index is 11.5. The molecule has 1 aliphatic heterocycles. The lowest BCUT2D eigenvalue weighted by molar-refractivity contribution is 0.0288. The third-order valence-corrected chi connectivity index (χ3v) is 3.45. The third kappa shape index (κ3) is 3.26. The van der Waals surface area contributed by atoms with Crippen LogP contribution in [0.1, 0.15) is 16.1 Å². The quantitative estimate of drug-likeness (QED) is 0.823. The Morgan fingerprint density at radius 3 is 2.85 bits per heavy atom. The molecule has 2 rings (SSSR count). The summed E-state index contributed by atoms with van der Waals surface area (Å²) in [5.74, 6) is 1.11. The number of nitrogens with zero attached hydrogens (tertiary/aromatic N) is 2. The van der Waals surface area contributed by atoms with E-state index in [0.29, 0.717) is 17.4 Å². The summed E-state index contributed by atoms with van der Waals surface area (Å²) in [5.41, 5.74) is 1.37. The van der Waals surface area contributed by atoms with Gasteiger partial charge in [-0.1, -0.05) is 0 Å². The van der Waals surface area contributed by atoms with Crippen molar-refractivity contribution in [1.29, 1.82) is 0 Å². The van der Waals surface area contributed by atoms with Crippen LogP contribution < -0.4 is 10.1 Å². The molecule has 1 N–H and O–H groups in total. The number of hydrogen-bond acceptors (Lipinski definition) is 5. The highest BCUT2D eigenvalue weighted by Gasteiger charge is 2.27. The second-order valence-electron chi connectivity index (χ2n) is 4.98. The Hall–Kier alpha value is -1.66. The monoisotopic (exact) mass is 279 g/mol. The van der Waals surface area contributed by atoms with Crippen molar-refractivity contribution >= 4 is 5.91 Å². The molecule has 0 aliphatic carbocycles. The summed E-state index contributed by atoms with van der Waals surface area (Å²) >= 11 is 0. The van der Waals surface area contributed by atoms with Gasteiger partial charge in [0.25, 0.3) is 5.91 Å². The molecule has 20 heavy (non-hydrogen) atoms. The molecule has 1 saturated heterocycles. The zero-order valence-corrected chi connectivity index (χ0v) is 12.2. The molecule has 0 atom stereocenters. The Kier molecular flexibility index (Phi) is 4.92. The summed E-state index contributed by atoms with van der Waals surface area (Å²) in [6.07, 6.45) is 1.72. The van der Waals surface area contributed by atoms with Crippen LogP contribution in [0.2, 0.25) is 0 Å². The maximum Gasteiger partial charge on any atom is 0.269 e. The Morgan fingerprint density at radius 2 is 2.25 bits per heavy atom. The molecule has 110 valence electrons. The minimum absolute atomic E-state index is 0.209. The van der Waals surface area contributed by atoms with Gasteiger partial charge in [-0.3, -0.25) is 14.7 Å². The lowest BCUT2D eigenvalue weighted by atomic mass is 10.0. The molecule has 0 bridgehead atoms. The van der Waals surface area contributed by atoms with E-state index in [1.807, 2.05) is 0 Å². The van der Waals surface area contributed by atoms with Gasteiger partial charge in [-0.25, -0.2) is 0 Å². The number of ether oxygens (including phenoxy) is 2. The Balaban J connectivity index is 2.00. The van der Waals surface area contributed by atoms with Crippen LogP contribution in [-0.4, -0.2) is 56.8 Å². The van der Waals surface area contributed by atoms with Crippen molar-refractivity contribution in [2.24, 2.45) is 5.92 Å². The van der Waals surface area contributed by atoms with Crippen molar-refractivity contribution in [2.45, 2.75) is 6.54 Å². The van der Waals surface area contributed by atoms with Gasteiger partial charge in [0.05, 0.1) is 13.7 Å². The number of methoxy groups -OCH3 is 2. The molecule has 1 amide bonds. The number of carbonyl (C=O) groups is 1. The average molecular weight is 279 g/mol. The number of hydrogen-bond donors (Lipinski definition) is 1. The van der Waals surface area contributed by atoms with E-state index in [4.69, 9.17) is 9.47 Å². The third-order valence-electron chi connectivity index (χ3n) is 3.45. The van der Waals surface area contributed by atoms with Crippen LogP contribution in [0.15, 0.2) is 12.3 Å². The van der Waals surface area contributed by atoms with E-state index in [9.17, 15) is 4.79 Å². The molecular formula is C14H21N3O3. The average Bonchev–Trinajstić information content (AvgIpc) is 2.44.